The lowest BCUT2D eigenvalue weighted by Crippen LogP contribution is -2.39. The highest BCUT2D eigenvalue weighted by molar-refractivity contribution is 5.19. The molecule has 0 saturated heterocycles. The molecule has 2 nitrogen and oxygen atoms in total. The molecule has 1 fully saturated rings. The van der Waals surface area contributed by atoms with Gasteiger partial charge in [0.25, 0.3) is 0 Å². The van der Waals surface area contributed by atoms with E-state index in [1.807, 2.05) is 6.07 Å². The Bertz CT molecular complexity index is 258. The third-order valence-electron chi connectivity index (χ3n) is 3.35. The van der Waals surface area contributed by atoms with Crippen LogP contribution in [0.2, 0.25) is 0 Å². The topological polar surface area (TPSA) is 39.2 Å². The maximum absolute atomic E-state index is 6.33. The second kappa shape index (κ2) is 3.18. The zero-order chi connectivity index (χ0) is 9.31. The van der Waals surface area contributed by atoms with Gasteiger partial charge in [-0.25, -0.2) is 0 Å². The number of hydrogen-bond acceptors (Lipinski definition) is 2. The van der Waals surface area contributed by atoms with E-state index in [0.29, 0.717) is 5.92 Å². The molecule has 0 spiro atoms. The zero-order valence-corrected chi connectivity index (χ0v) is 8.12. The molecular weight excluding hydrogens is 162 g/mol. The lowest BCUT2D eigenvalue weighted by atomic mass is 9.81. The molecule has 0 aliphatic heterocycles. The molecule has 1 aromatic heterocycles. The summed E-state index contributed by atoms with van der Waals surface area (Å²) in [6, 6.07) is 1.98. The van der Waals surface area contributed by atoms with Crippen LogP contribution in [-0.4, -0.2) is 0 Å². The predicted octanol–water partition coefficient (Wildman–Crippen LogP) is 2.64. The van der Waals surface area contributed by atoms with Crippen LogP contribution in [0.25, 0.3) is 0 Å². The molecule has 1 aliphatic rings. The van der Waals surface area contributed by atoms with Crippen molar-refractivity contribution in [1.29, 1.82) is 0 Å². The van der Waals surface area contributed by atoms with Gasteiger partial charge in [-0.2, -0.15) is 0 Å². The highest BCUT2D eigenvalue weighted by atomic mass is 16.3. The highest BCUT2D eigenvalue weighted by Gasteiger charge is 2.34. The van der Waals surface area contributed by atoms with Crippen LogP contribution in [0.3, 0.4) is 0 Å². The van der Waals surface area contributed by atoms with Gasteiger partial charge in [-0.3, -0.25) is 0 Å². The molecule has 13 heavy (non-hydrogen) atoms. The molecule has 2 heteroatoms. The van der Waals surface area contributed by atoms with Crippen LogP contribution in [0.5, 0.6) is 0 Å². The summed E-state index contributed by atoms with van der Waals surface area (Å²) in [5.41, 5.74) is 7.28. The van der Waals surface area contributed by atoms with Crippen molar-refractivity contribution in [3.05, 3.63) is 24.2 Å². The van der Waals surface area contributed by atoms with E-state index in [-0.39, 0.29) is 5.54 Å². The summed E-state index contributed by atoms with van der Waals surface area (Å²) in [5, 5.41) is 0. The number of rotatable bonds is 2. The summed E-state index contributed by atoms with van der Waals surface area (Å²) in [4.78, 5) is 0. The molecule has 0 aromatic carbocycles. The minimum atomic E-state index is -0.191. The third kappa shape index (κ3) is 1.51. The van der Waals surface area contributed by atoms with Crippen LogP contribution in [0.1, 0.15) is 38.2 Å². The van der Waals surface area contributed by atoms with Crippen LogP contribution >= 0.6 is 0 Å². The molecule has 1 heterocycles. The Labute approximate surface area is 79.1 Å². The van der Waals surface area contributed by atoms with Crippen molar-refractivity contribution >= 4 is 0 Å². The van der Waals surface area contributed by atoms with Gasteiger partial charge in [0, 0.05) is 11.1 Å². The molecular formula is C11H17NO. The van der Waals surface area contributed by atoms with Crippen LogP contribution in [0, 0.1) is 5.92 Å². The molecule has 1 saturated carbocycles. The first-order valence-electron chi connectivity index (χ1n) is 5.03. The second-order valence-electron chi connectivity index (χ2n) is 4.28. The molecule has 1 unspecified atom stereocenters. The first-order valence-corrected chi connectivity index (χ1v) is 5.03. The van der Waals surface area contributed by atoms with Gasteiger partial charge in [-0.05, 0) is 31.7 Å². The van der Waals surface area contributed by atoms with Crippen LogP contribution in [0.4, 0.5) is 0 Å². The fourth-order valence-corrected chi connectivity index (χ4v) is 2.33. The summed E-state index contributed by atoms with van der Waals surface area (Å²) >= 11 is 0. The molecule has 0 radical (unpaired) electrons. The third-order valence-corrected chi connectivity index (χ3v) is 3.35. The normalized spacial score (nSPS) is 23.2. The summed E-state index contributed by atoms with van der Waals surface area (Å²) in [5.74, 6) is 0.630. The lowest BCUT2D eigenvalue weighted by Gasteiger charge is -2.30. The van der Waals surface area contributed by atoms with Gasteiger partial charge in [-0.1, -0.05) is 12.8 Å². The lowest BCUT2D eigenvalue weighted by molar-refractivity contribution is 0.304. The summed E-state index contributed by atoms with van der Waals surface area (Å²) in [6.45, 7) is 2.12. The Kier molecular flexibility index (Phi) is 2.16. The minimum absolute atomic E-state index is 0.191. The molecule has 2 rings (SSSR count). The largest absolute Gasteiger partial charge is 0.472 e. The van der Waals surface area contributed by atoms with E-state index in [0.717, 1.165) is 5.56 Å². The van der Waals surface area contributed by atoms with Crippen molar-refractivity contribution in [2.75, 3.05) is 0 Å². The summed E-state index contributed by atoms with van der Waals surface area (Å²) in [6.07, 6.45) is 8.66. The minimum Gasteiger partial charge on any atom is -0.472 e. The Balaban J connectivity index is 2.19. The van der Waals surface area contributed by atoms with Crippen molar-refractivity contribution in [3.63, 3.8) is 0 Å². The van der Waals surface area contributed by atoms with Crippen LogP contribution in [-0.2, 0) is 5.54 Å². The van der Waals surface area contributed by atoms with E-state index in [2.05, 4.69) is 6.92 Å². The molecule has 1 aromatic rings. The SMILES string of the molecule is CC(N)(c1ccoc1)C1CCCC1. The van der Waals surface area contributed by atoms with Gasteiger partial charge in [0.1, 0.15) is 0 Å². The van der Waals surface area contributed by atoms with Crippen molar-refractivity contribution < 1.29 is 4.42 Å². The predicted molar refractivity (Wildman–Crippen MR) is 52.2 cm³/mol. The molecule has 72 valence electrons. The van der Waals surface area contributed by atoms with E-state index in [4.69, 9.17) is 10.2 Å². The fourth-order valence-electron chi connectivity index (χ4n) is 2.33. The van der Waals surface area contributed by atoms with E-state index in [1.165, 1.54) is 25.7 Å². The standard InChI is InChI=1S/C11H17NO/c1-11(12,9-4-2-3-5-9)10-6-7-13-8-10/h6-9H,2-5,12H2,1H3. The molecule has 1 atom stereocenters. The number of furan rings is 1. The van der Waals surface area contributed by atoms with E-state index in [9.17, 15) is 0 Å². The summed E-state index contributed by atoms with van der Waals surface area (Å²) < 4.78 is 5.08. The quantitative estimate of drug-likeness (QED) is 0.758. The van der Waals surface area contributed by atoms with E-state index < -0.39 is 0 Å². The average Bonchev–Trinajstić information content (AvgIpc) is 2.78. The first-order chi connectivity index (χ1) is 6.21. The Morgan fingerprint density at radius 1 is 1.46 bits per heavy atom. The van der Waals surface area contributed by atoms with Crippen molar-refractivity contribution in [3.8, 4) is 0 Å². The maximum Gasteiger partial charge on any atom is 0.0953 e. The molecule has 0 bridgehead atoms. The zero-order valence-electron chi connectivity index (χ0n) is 8.12. The van der Waals surface area contributed by atoms with Crippen LogP contribution < -0.4 is 5.73 Å². The Morgan fingerprint density at radius 3 is 2.69 bits per heavy atom. The van der Waals surface area contributed by atoms with Crippen molar-refractivity contribution in [2.24, 2.45) is 11.7 Å². The molecule has 1 aliphatic carbocycles. The Morgan fingerprint density at radius 2 is 2.15 bits per heavy atom. The number of nitrogens with two attached hydrogens (primary N) is 1. The smallest absolute Gasteiger partial charge is 0.0953 e. The fraction of sp³-hybridized carbons (Fsp3) is 0.636. The van der Waals surface area contributed by atoms with Crippen molar-refractivity contribution in [1.82, 2.24) is 0 Å². The molecule has 2 N–H and O–H groups in total. The monoisotopic (exact) mass is 179 g/mol. The average molecular weight is 179 g/mol. The van der Waals surface area contributed by atoms with Gasteiger partial charge in [0.15, 0.2) is 0 Å². The summed E-state index contributed by atoms with van der Waals surface area (Å²) in [7, 11) is 0. The van der Waals surface area contributed by atoms with Gasteiger partial charge in [0.05, 0.1) is 12.5 Å². The van der Waals surface area contributed by atoms with Crippen LogP contribution in [0.15, 0.2) is 23.0 Å². The first kappa shape index (κ1) is 8.82. The van der Waals surface area contributed by atoms with Crippen molar-refractivity contribution in [2.45, 2.75) is 38.1 Å². The second-order valence-corrected chi connectivity index (χ2v) is 4.28. The number of hydrogen-bond donors (Lipinski definition) is 1. The van der Waals surface area contributed by atoms with E-state index in [1.54, 1.807) is 12.5 Å². The van der Waals surface area contributed by atoms with E-state index >= 15 is 0 Å². The highest BCUT2D eigenvalue weighted by Crippen LogP contribution is 2.38. The Hall–Kier alpha value is -0.760. The molecule has 0 amide bonds. The van der Waals surface area contributed by atoms with Gasteiger partial charge < -0.3 is 10.2 Å². The maximum atomic E-state index is 6.33. The van der Waals surface area contributed by atoms with Gasteiger partial charge >= 0.3 is 0 Å². The van der Waals surface area contributed by atoms with Gasteiger partial charge in [0.2, 0.25) is 0 Å². The van der Waals surface area contributed by atoms with Gasteiger partial charge in [-0.15, -0.1) is 0 Å².